The van der Waals surface area contributed by atoms with E-state index in [9.17, 15) is 14.8 Å². The van der Waals surface area contributed by atoms with E-state index >= 15 is 0 Å². The van der Waals surface area contributed by atoms with Crippen LogP contribution in [-0.4, -0.2) is 64.1 Å². The number of aromatic amines is 1. The van der Waals surface area contributed by atoms with Crippen LogP contribution in [0.2, 0.25) is 0 Å². The van der Waals surface area contributed by atoms with E-state index in [-0.39, 0.29) is 25.7 Å². The molecular formula is C29H33N7O4. The molecule has 1 fully saturated rings. The summed E-state index contributed by atoms with van der Waals surface area (Å²) in [4.78, 5) is 26.5. The van der Waals surface area contributed by atoms with Crippen molar-refractivity contribution in [1.82, 2.24) is 15.1 Å². The number of carbonyl (C=O) groups excluding carboxylic acids is 2. The Balaban J connectivity index is 1.29. The smallest absolute Gasteiger partial charge is 0.419 e. The van der Waals surface area contributed by atoms with E-state index in [0.29, 0.717) is 33.8 Å². The number of nitrogens with zero attached hydrogens (tertiary/aromatic N) is 3. The zero-order chi connectivity index (χ0) is 28.7. The lowest BCUT2D eigenvalue weighted by molar-refractivity contribution is -0.792. The largest absolute Gasteiger partial charge is 0.624 e. The zero-order valence-corrected chi connectivity index (χ0v) is 22.9. The van der Waals surface area contributed by atoms with Crippen molar-refractivity contribution in [2.45, 2.75) is 26.3 Å². The lowest BCUT2D eigenvalue weighted by atomic mass is 10.0. The first-order chi connectivity index (χ1) is 19.0. The Morgan fingerprint density at radius 1 is 1.15 bits per heavy atom. The highest BCUT2D eigenvalue weighted by atomic mass is 16.6. The minimum absolute atomic E-state index is 0.00855. The topological polar surface area (TPSA) is 148 Å². The molecule has 4 aromatic rings. The van der Waals surface area contributed by atoms with Gasteiger partial charge in [-0.2, -0.15) is 5.10 Å². The van der Waals surface area contributed by atoms with Crippen LogP contribution < -0.4 is 21.1 Å². The second-order valence-corrected chi connectivity index (χ2v) is 10.8. The van der Waals surface area contributed by atoms with E-state index in [2.05, 4.69) is 20.8 Å². The molecule has 0 saturated carbocycles. The Kier molecular flexibility index (Phi) is 6.86. The molecule has 1 saturated heterocycles. The summed E-state index contributed by atoms with van der Waals surface area (Å²) in [5.41, 5.74) is 10.4. The first-order valence-electron chi connectivity index (χ1n) is 13.0. The van der Waals surface area contributed by atoms with E-state index < -0.39 is 16.2 Å². The Morgan fingerprint density at radius 2 is 1.88 bits per heavy atom. The molecule has 0 spiro atoms. The summed E-state index contributed by atoms with van der Waals surface area (Å²) in [5.74, 6) is 0.792. The highest BCUT2D eigenvalue weighted by Gasteiger charge is 2.50. The molecule has 4 amide bonds. The standard InChI is InChI=1S/C29H33N7O4/c1-18-6-5-7-21(16-18)32-27(37)31-20-10-8-19(9-11-20)22-12-13-23(25-24(22)26(30)34-33-25)40-15-14-36(39)17-29(2,3)35(4)28(36)38/h5-13,16H,14-15,17H2,1-4H3,(H3,30,33,34)(H2,31,32,37). The van der Waals surface area contributed by atoms with Crippen molar-refractivity contribution < 1.29 is 19.0 Å². The molecule has 0 bridgehead atoms. The normalized spacial score (nSPS) is 18.2. The summed E-state index contributed by atoms with van der Waals surface area (Å²) < 4.78 is 4.99. The van der Waals surface area contributed by atoms with Gasteiger partial charge in [0, 0.05) is 18.4 Å². The third kappa shape index (κ3) is 5.16. The zero-order valence-electron chi connectivity index (χ0n) is 22.9. The third-order valence-electron chi connectivity index (χ3n) is 7.34. The van der Waals surface area contributed by atoms with Gasteiger partial charge >= 0.3 is 12.1 Å². The quantitative estimate of drug-likeness (QED) is 0.184. The van der Waals surface area contributed by atoms with E-state index in [1.165, 1.54) is 4.90 Å². The predicted molar refractivity (Wildman–Crippen MR) is 156 cm³/mol. The molecule has 2 heterocycles. The number of likely N-dealkylation sites (N-methyl/N-ethyl adjacent to an activating group) is 1. The van der Waals surface area contributed by atoms with Crippen LogP contribution >= 0.6 is 0 Å². The number of carbonyl (C=O) groups is 2. The minimum Gasteiger partial charge on any atom is -0.624 e. The number of quaternary nitrogens is 1. The van der Waals surface area contributed by atoms with Crippen LogP contribution in [0, 0.1) is 12.1 Å². The maximum atomic E-state index is 13.2. The number of ether oxygens (including phenoxy) is 1. The van der Waals surface area contributed by atoms with Gasteiger partial charge in [0.05, 0.1) is 10.9 Å². The molecule has 1 unspecified atom stereocenters. The molecule has 5 rings (SSSR count). The van der Waals surface area contributed by atoms with Crippen molar-refractivity contribution in [2.75, 3.05) is 43.1 Å². The number of aryl methyl sites for hydroxylation is 1. The van der Waals surface area contributed by atoms with Gasteiger partial charge in [-0.15, -0.1) is 0 Å². The van der Waals surface area contributed by atoms with Crippen molar-refractivity contribution in [3.63, 3.8) is 0 Å². The number of benzene rings is 3. The molecule has 40 heavy (non-hydrogen) atoms. The number of fused-ring (bicyclic) bond motifs is 1. The Labute approximate surface area is 232 Å². The highest BCUT2D eigenvalue weighted by molar-refractivity contribution is 6.04. The van der Waals surface area contributed by atoms with Crippen molar-refractivity contribution in [3.05, 3.63) is 71.4 Å². The van der Waals surface area contributed by atoms with Gasteiger partial charge in [0.1, 0.15) is 31.0 Å². The number of amides is 4. The molecule has 1 aromatic heterocycles. The minimum atomic E-state index is -0.959. The second-order valence-electron chi connectivity index (χ2n) is 10.8. The number of rotatable bonds is 7. The molecule has 1 atom stereocenters. The molecule has 3 aromatic carbocycles. The van der Waals surface area contributed by atoms with Crippen LogP contribution in [0.15, 0.2) is 60.7 Å². The fourth-order valence-electron chi connectivity index (χ4n) is 5.05. The number of hydrogen-bond acceptors (Lipinski definition) is 6. The molecule has 11 heteroatoms. The Bertz CT molecular complexity index is 1580. The van der Waals surface area contributed by atoms with Gasteiger partial charge in [-0.3, -0.25) is 14.6 Å². The van der Waals surface area contributed by atoms with Crippen molar-refractivity contribution in [2.24, 2.45) is 0 Å². The fourth-order valence-corrected chi connectivity index (χ4v) is 5.05. The summed E-state index contributed by atoms with van der Waals surface area (Å²) in [6.07, 6.45) is 0. The van der Waals surface area contributed by atoms with Gasteiger partial charge in [0.25, 0.3) is 0 Å². The average Bonchev–Trinajstić information content (AvgIpc) is 3.36. The molecule has 0 aliphatic carbocycles. The summed E-state index contributed by atoms with van der Waals surface area (Å²) >= 11 is 0. The van der Waals surface area contributed by atoms with Crippen LogP contribution in [0.3, 0.4) is 0 Å². The van der Waals surface area contributed by atoms with Crippen LogP contribution in [0.1, 0.15) is 19.4 Å². The van der Waals surface area contributed by atoms with Crippen molar-refractivity contribution >= 4 is 40.2 Å². The van der Waals surface area contributed by atoms with Gasteiger partial charge < -0.3 is 26.3 Å². The number of aromatic nitrogens is 2. The summed E-state index contributed by atoms with van der Waals surface area (Å²) in [5, 5.41) is 26.6. The third-order valence-corrected chi connectivity index (χ3v) is 7.34. The summed E-state index contributed by atoms with van der Waals surface area (Å²) in [7, 11) is 1.65. The monoisotopic (exact) mass is 543 g/mol. The van der Waals surface area contributed by atoms with E-state index in [1.54, 1.807) is 25.2 Å². The molecular weight excluding hydrogens is 510 g/mol. The van der Waals surface area contributed by atoms with Crippen LogP contribution in [0.5, 0.6) is 5.75 Å². The SMILES string of the molecule is Cc1cccc(NC(=O)Nc2ccc(-c3ccc(OCC[N+]4([O-])CC(C)(C)N(C)C4=O)c4[nH]nc(N)c34)cc2)c1. The maximum absolute atomic E-state index is 13.2. The van der Waals surface area contributed by atoms with E-state index in [0.717, 1.165) is 16.7 Å². The van der Waals surface area contributed by atoms with Gasteiger partial charge in [-0.25, -0.2) is 9.59 Å². The van der Waals surface area contributed by atoms with Gasteiger partial charge in [-0.1, -0.05) is 24.3 Å². The highest BCUT2D eigenvalue weighted by Crippen LogP contribution is 2.37. The van der Waals surface area contributed by atoms with Crippen LogP contribution in [-0.2, 0) is 0 Å². The van der Waals surface area contributed by atoms with Crippen molar-refractivity contribution in [3.8, 4) is 16.9 Å². The second kappa shape index (κ2) is 10.2. The van der Waals surface area contributed by atoms with Crippen LogP contribution in [0.25, 0.3) is 22.0 Å². The molecule has 208 valence electrons. The number of nitrogens with one attached hydrogen (secondary N) is 3. The number of H-pyrrole nitrogens is 1. The summed E-state index contributed by atoms with van der Waals surface area (Å²) in [6.45, 7) is 5.92. The van der Waals surface area contributed by atoms with Gasteiger partial charge in [0.15, 0.2) is 5.82 Å². The number of hydrogen-bond donors (Lipinski definition) is 4. The number of nitrogen functional groups attached to an aromatic ring is 1. The number of anilines is 3. The molecule has 11 nitrogen and oxygen atoms in total. The number of urea groups is 2. The Morgan fingerprint density at radius 3 is 2.55 bits per heavy atom. The van der Waals surface area contributed by atoms with Crippen molar-refractivity contribution in [1.29, 1.82) is 0 Å². The van der Waals surface area contributed by atoms with Gasteiger partial charge in [-0.05, 0) is 73.9 Å². The lowest BCUT2D eigenvalue weighted by Crippen LogP contribution is -2.47. The molecule has 5 N–H and O–H groups in total. The molecule has 0 radical (unpaired) electrons. The number of hydroxylamine groups is 3. The van der Waals surface area contributed by atoms with E-state index in [4.69, 9.17) is 10.5 Å². The number of nitrogens with two attached hydrogens (primary N) is 1. The molecule has 1 aliphatic heterocycles. The fraction of sp³-hybridized carbons (Fsp3) is 0.276. The van der Waals surface area contributed by atoms with E-state index in [1.807, 2.05) is 63.2 Å². The predicted octanol–water partition coefficient (Wildman–Crippen LogP) is 5.30. The average molecular weight is 544 g/mol. The first-order valence-corrected chi connectivity index (χ1v) is 13.0. The Hall–Kier alpha value is -4.61. The molecule has 1 aliphatic rings. The maximum Gasteiger partial charge on any atom is 0.419 e. The van der Waals surface area contributed by atoms with Crippen LogP contribution in [0.4, 0.5) is 26.8 Å². The lowest BCUT2D eigenvalue weighted by Gasteiger charge is -2.34. The van der Waals surface area contributed by atoms with Gasteiger partial charge in [0.2, 0.25) is 0 Å². The summed E-state index contributed by atoms with van der Waals surface area (Å²) in [6, 6.07) is 17.8. The first kappa shape index (κ1) is 27.0.